The number of nitrogens with one attached hydrogen (secondary N) is 1. The second kappa shape index (κ2) is 8.13. The predicted octanol–water partition coefficient (Wildman–Crippen LogP) is 3.84. The van der Waals surface area contributed by atoms with Crippen molar-refractivity contribution in [3.05, 3.63) is 91.7 Å². The first kappa shape index (κ1) is 19.4. The Labute approximate surface area is 163 Å². The number of nitro benzene ring substituents is 2. The van der Waals surface area contributed by atoms with Crippen molar-refractivity contribution in [2.75, 3.05) is 0 Å². The molecular weight excluding hydrogens is 380 g/mol. The Morgan fingerprint density at radius 1 is 1.07 bits per heavy atom. The van der Waals surface area contributed by atoms with E-state index in [1.807, 2.05) is 0 Å². The van der Waals surface area contributed by atoms with E-state index < -0.39 is 15.8 Å². The van der Waals surface area contributed by atoms with Crippen molar-refractivity contribution in [3.63, 3.8) is 0 Å². The number of furan rings is 1. The van der Waals surface area contributed by atoms with Gasteiger partial charge in [0.05, 0.1) is 16.1 Å². The molecule has 3 rings (SSSR count). The second-order valence-corrected chi connectivity index (χ2v) is 5.92. The van der Waals surface area contributed by atoms with Crippen LogP contribution in [0.2, 0.25) is 0 Å². The lowest BCUT2D eigenvalue weighted by atomic mass is 10.1. The lowest BCUT2D eigenvalue weighted by Crippen LogP contribution is -2.17. The van der Waals surface area contributed by atoms with Crippen molar-refractivity contribution < 1.29 is 19.1 Å². The van der Waals surface area contributed by atoms with E-state index in [0.717, 1.165) is 6.07 Å². The van der Waals surface area contributed by atoms with Crippen molar-refractivity contribution in [3.8, 4) is 11.3 Å². The van der Waals surface area contributed by atoms with E-state index in [1.54, 1.807) is 31.2 Å². The fraction of sp³-hybridized carbons (Fsp3) is 0.0526. The highest BCUT2D eigenvalue weighted by molar-refractivity contribution is 5.95. The summed E-state index contributed by atoms with van der Waals surface area (Å²) in [6.07, 6.45) is 1.26. The third kappa shape index (κ3) is 4.33. The van der Waals surface area contributed by atoms with Crippen molar-refractivity contribution in [1.82, 2.24) is 5.43 Å². The maximum Gasteiger partial charge on any atom is 0.273 e. The normalized spacial score (nSPS) is 10.8. The van der Waals surface area contributed by atoms with Crippen LogP contribution in [0, 0.1) is 27.2 Å². The maximum atomic E-state index is 12.0. The van der Waals surface area contributed by atoms with Gasteiger partial charge in [-0.15, -0.1) is 0 Å². The molecule has 0 spiro atoms. The van der Waals surface area contributed by atoms with Crippen LogP contribution in [0.5, 0.6) is 0 Å². The van der Waals surface area contributed by atoms with Gasteiger partial charge in [0.1, 0.15) is 11.5 Å². The molecular formula is C19H14N4O6. The Kier molecular flexibility index (Phi) is 5.44. The summed E-state index contributed by atoms with van der Waals surface area (Å²) in [4.78, 5) is 32.8. The van der Waals surface area contributed by atoms with Gasteiger partial charge in [-0.3, -0.25) is 25.0 Å². The summed E-state index contributed by atoms with van der Waals surface area (Å²) in [5.41, 5.74) is 3.16. The van der Waals surface area contributed by atoms with Crippen LogP contribution < -0.4 is 5.43 Å². The molecule has 0 aliphatic heterocycles. The number of amides is 1. The second-order valence-electron chi connectivity index (χ2n) is 5.92. The zero-order valence-corrected chi connectivity index (χ0v) is 15.1. The molecule has 146 valence electrons. The van der Waals surface area contributed by atoms with E-state index in [2.05, 4.69) is 10.5 Å². The number of hydrazone groups is 1. The number of hydrogen-bond donors (Lipinski definition) is 1. The number of nitro groups is 2. The van der Waals surface area contributed by atoms with Gasteiger partial charge < -0.3 is 4.42 Å². The third-order valence-corrected chi connectivity index (χ3v) is 4.07. The molecule has 29 heavy (non-hydrogen) atoms. The molecule has 1 heterocycles. The summed E-state index contributed by atoms with van der Waals surface area (Å²) in [7, 11) is 0. The van der Waals surface area contributed by atoms with Crippen LogP contribution in [0.25, 0.3) is 11.3 Å². The van der Waals surface area contributed by atoms with Crippen LogP contribution >= 0.6 is 0 Å². The van der Waals surface area contributed by atoms with Gasteiger partial charge in [0.25, 0.3) is 17.3 Å². The lowest BCUT2D eigenvalue weighted by molar-refractivity contribution is -0.385. The molecule has 2 aromatic carbocycles. The van der Waals surface area contributed by atoms with Gasteiger partial charge in [0.15, 0.2) is 0 Å². The van der Waals surface area contributed by atoms with E-state index in [9.17, 15) is 25.0 Å². The maximum absolute atomic E-state index is 12.0. The first-order chi connectivity index (χ1) is 13.9. The molecule has 0 saturated carbocycles. The molecule has 10 heteroatoms. The predicted molar refractivity (Wildman–Crippen MR) is 104 cm³/mol. The fourth-order valence-electron chi connectivity index (χ4n) is 2.63. The van der Waals surface area contributed by atoms with Crippen molar-refractivity contribution in [2.45, 2.75) is 6.92 Å². The topological polar surface area (TPSA) is 141 Å². The number of benzene rings is 2. The molecule has 0 unspecified atom stereocenters. The summed E-state index contributed by atoms with van der Waals surface area (Å²) in [5, 5.41) is 25.6. The van der Waals surface area contributed by atoms with Gasteiger partial charge in [-0.1, -0.05) is 18.2 Å². The Morgan fingerprint density at radius 3 is 2.55 bits per heavy atom. The van der Waals surface area contributed by atoms with Gasteiger partial charge in [0, 0.05) is 34.9 Å². The van der Waals surface area contributed by atoms with Crippen molar-refractivity contribution in [2.24, 2.45) is 5.10 Å². The number of rotatable bonds is 6. The number of carbonyl (C=O) groups is 1. The number of hydrogen-bond acceptors (Lipinski definition) is 7. The standard InChI is InChI=1S/C19H14N4O6/c1-12-16(6-3-7-17(12)23(27)28)18-9-8-15(29-18)11-20-21-19(24)13-4-2-5-14(10-13)22(25)26/h2-11H,1H3,(H,21,24)/b20-11-. The molecule has 0 aliphatic carbocycles. The highest BCUT2D eigenvalue weighted by Gasteiger charge is 2.16. The quantitative estimate of drug-likeness (QED) is 0.382. The fourth-order valence-corrected chi connectivity index (χ4v) is 2.63. The number of nitrogens with zero attached hydrogens (tertiary/aromatic N) is 3. The largest absolute Gasteiger partial charge is 0.455 e. The van der Waals surface area contributed by atoms with E-state index in [4.69, 9.17) is 4.42 Å². The van der Waals surface area contributed by atoms with E-state index >= 15 is 0 Å². The molecule has 0 atom stereocenters. The zero-order valence-electron chi connectivity index (χ0n) is 15.1. The van der Waals surface area contributed by atoms with E-state index in [1.165, 1.54) is 30.5 Å². The molecule has 0 bridgehead atoms. The Balaban J connectivity index is 1.72. The average Bonchev–Trinajstić information content (AvgIpc) is 3.16. The Bertz CT molecular complexity index is 1140. The summed E-state index contributed by atoms with van der Waals surface area (Å²) in [5.74, 6) is 0.106. The van der Waals surface area contributed by atoms with Gasteiger partial charge >= 0.3 is 0 Å². The van der Waals surface area contributed by atoms with Crippen LogP contribution in [0.15, 0.2) is 64.1 Å². The molecule has 0 aliphatic rings. The molecule has 1 aromatic heterocycles. The summed E-state index contributed by atoms with van der Waals surface area (Å²) in [6.45, 7) is 1.63. The van der Waals surface area contributed by atoms with Gasteiger partial charge in [-0.25, -0.2) is 5.43 Å². The molecule has 10 nitrogen and oxygen atoms in total. The highest BCUT2D eigenvalue weighted by atomic mass is 16.6. The first-order valence-electron chi connectivity index (χ1n) is 8.29. The van der Waals surface area contributed by atoms with Gasteiger partial charge in [0.2, 0.25) is 0 Å². The first-order valence-corrected chi connectivity index (χ1v) is 8.29. The molecule has 0 saturated heterocycles. The van der Waals surface area contributed by atoms with Crippen LogP contribution in [0.1, 0.15) is 21.7 Å². The molecule has 1 amide bonds. The number of carbonyl (C=O) groups excluding carboxylic acids is 1. The van der Waals surface area contributed by atoms with Crippen LogP contribution in [0.4, 0.5) is 11.4 Å². The summed E-state index contributed by atoms with van der Waals surface area (Å²) < 4.78 is 5.61. The Morgan fingerprint density at radius 2 is 1.83 bits per heavy atom. The molecule has 1 N–H and O–H groups in total. The minimum absolute atomic E-state index is 0.0154. The lowest BCUT2D eigenvalue weighted by Gasteiger charge is -2.03. The minimum atomic E-state index is -0.619. The Hall–Kier alpha value is -4.34. The van der Waals surface area contributed by atoms with Crippen LogP contribution in [-0.4, -0.2) is 22.0 Å². The van der Waals surface area contributed by atoms with E-state index in [-0.39, 0.29) is 16.9 Å². The van der Waals surface area contributed by atoms with Crippen LogP contribution in [-0.2, 0) is 0 Å². The van der Waals surface area contributed by atoms with Gasteiger partial charge in [-0.05, 0) is 25.1 Å². The summed E-state index contributed by atoms with van der Waals surface area (Å²) in [6, 6.07) is 13.1. The molecule has 0 fully saturated rings. The van der Waals surface area contributed by atoms with Crippen molar-refractivity contribution >= 4 is 23.5 Å². The third-order valence-electron chi connectivity index (χ3n) is 4.07. The monoisotopic (exact) mass is 394 g/mol. The average molecular weight is 394 g/mol. The SMILES string of the molecule is Cc1c(-c2ccc(/C=N\NC(=O)c3cccc([N+](=O)[O-])c3)o2)cccc1[N+](=O)[O-]. The van der Waals surface area contributed by atoms with Crippen molar-refractivity contribution in [1.29, 1.82) is 0 Å². The minimum Gasteiger partial charge on any atom is -0.455 e. The highest BCUT2D eigenvalue weighted by Crippen LogP contribution is 2.30. The molecule has 3 aromatic rings. The van der Waals surface area contributed by atoms with Gasteiger partial charge in [-0.2, -0.15) is 5.10 Å². The van der Waals surface area contributed by atoms with Crippen LogP contribution in [0.3, 0.4) is 0 Å². The smallest absolute Gasteiger partial charge is 0.273 e. The summed E-state index contributed by atoms with van der Waals surface area (Å²) >= 11 is 0. The molecule has 0 radical (unpaired) electrons. The number of non-ortho nitro benzene ring substituents is 1. The zero-order chi connectivity index (χ0) is 21.0. The van der Waals surface area contributed by atoms with E-state index in [0.29, 0.717) is 22.6 Å².